The van der Waals surface area contributed by atoms with Crippen LogP contribution in [0.3, 0.4) is 0 Å². The van der Waals surface area contributed by atoms with Crippen LogP contribution in [-0.4, -0.2) is 30.5 Å². The molecule has 0 amide bonds. The fourth-order valence-electron chi connectivity index (χ4n) is 4.06. The van der Waals surface area contributed by atoms with E-state index in [1.807, 2.05) is 6.07 Å². The molecular weight excluding hydrogens is 395 g/mol. The van der Waals surface area contributed by atoms with Crippen LogP contribution in [0, 0.1) is 11.7 Å². The second-order valence-corrected chi connectivity index (χ2v) is 7.42. The zero-order chi connectivity index (χ0) is 20.8. The van der Waals surface area contributed by atoms with Crippen molar-refractivity contribution >= 4 is 29.0 Å². The molecule has 4 rings (SSSR count). The molecule has 2 aromatic rings. The van der Waals surface area contributed by atoms with Crippen molar-refractivity contribution in [3.8, 4) is 11.5 Å². The lowest BCUT2D eigenvalue weighted by atomic mass is 9.79. The number of carbonyl (C=O) groups excluding carboxylic acids is 1. The van der Waals surface area contributed by atoms with E-state index in [0.717, 1.165) is 5.56 Å². The van der Waals surface area contributed by atoms with Crippen molar-refractivity contribution in [2.45, 2.75) is 25.6 Å². The summed E-state index contributed by atoms with van der Waals surface area (Å²) < 4.78 is 30.6. The van der Waals surface area contributed by atoms with Crippen LogP contribution < -0.4 is 19.7 Å². The van der Waals surface area contributed by atoms with Gasteiger partial charge in [0.1, 0.15) is 23.2 Å². The van der Waals surface area contributed by atoms with Crippen molar-refractivity contribution in [3.63, 3.8) is 0 Å². The van der Waals surface area contributed by atoms with Crippen molar-refractivity contribution in [3.05, 3.63) is 53.8 Å². The first-order valence-electron chi connectivity index (χ1n) is 9.29. The normalized spacial score (nSPS) is 24.8. The Morgan fingerprint density at radius 2 is 2.03 bits per heavy atom. The van der Waals surface area contributed by atoms with Gasteiger partial charge in [0.15, 0.2) is 5.11 Å². The molecule has 1 N–H and O–H groups in total. The molecule has 0 aliphatic carbocycles. The number of ether oxygens (including phenoxy) is 3. The first-order valence-corrected chi connectivity index (χ1v) is 9.69. The van der Waals surface area contributed by atoms with Gasteiger partial charge in [0.2, 0.25) is 5.72 Å². The van der Waals surface area contributed by atoms with Crippen LogP contribution in [0.1, 0.15) is 25.5 Å². The van der Waals surface area contributed by atoms with Gasteiger partial charge in [-0.3, -0.25) is 9.69 Å². The van der Waals surface area contributed by atoms with Gasteiger partial charge < -0.3 is 19.5 Å². The van der Waals surface area contributed by atoms with E-state index in [1.54, 1.807) is 50.1 Å². The summed E-state index contributed by atoms with van der Waals surface area (Å²) in [6, 6.07) is 10.9. The minimum Gasteiger partial charge on any atom is -0.497 e. The number of hydrogen-bond acceptors (Lipinski definition) is 5. The standard InChI is InChI=1S/C21H21FN2O4S/c1-4-27-19(25)17-18-15-11-14(26-3)9-10-16(15)28-21(17,2)24(20(29)23-18)13-7-5-12(22)6-8-13/h5-11,17-18H,4H2,1-3H3,(H,23,29)/t17-,18-,21-/m0/s1. The number of esters is 1. The molecule has 0 spiro atoms. The lowest BCUT2D eigenvalue weighted by Crippen LogP contribution is -2.71. The number of rotatable bonds is 4. The molecule has 152 valence electrons. The van der Waals surface area contributed by atoms with E-state index >= 15 is 0 Å². The number of methoxy groups -OCH3 is 1. The molecule has 1 saturated heterocycles. The summed E-state index contributed by atoms with van der Waals surface area (Å²) in [6.07, 6.45) is 0. The van der Waals surface area contributed by atoms with Gasteiger partial charge in [0, 0.05) is 11.3 Å². The lowest BCUT2D eigenvalue weighted by molar-refractivity contribution is -0.159. The van der Waals surface area contributed by atoms with Crippen molar-refractivity contribution in [2.75, 3.05) is 18.6 Å². The lowest BCUT2D eigenvalue weighted by Gasteiger charge is -2.55. The molecule has 2 aromatic carbocycles. The summed E-state index contributed by atoms with van der Waals surface area (Å²) in [5.74, 6) is -0.237. The SMILES string of the molecule is CCOC(=O)[C@@H]1[C@H]2NC(=S)N(c3ccc(F)cc3)[C@@]1(C)Oc1ccc(OC)cc12. The summed E-state index contributed by atoms with van der Waals surface area (Å²) in [7, 11) is 1.58. The van der Waals surface area contributed by atoms with Gasteiger partial charge in [-0.05, 0) is 68.5 Å². The van der Waals surface area contributed by atoms with Crippen molar-refractivity contribution in [1.29, 1.82) is 0 Å². The second kappa shape index (κ2) is 7.18. The van der Waals surface area contributed by atoms with E-state index in [0.29, 0.717) is 22.3 Å². The molecule has 2 aliphatic rings. The Morgan fingerprint density at radius 1 is 1.31 bits per heavy atom. The zero-order valence-electron chi connectivity index (χ0n) is 16.3. The Bertz CT molecular complexity index is 968. The van der Waals surface area contributed by atoms with Crippen LogP contribution in [0.5, 0.6) is 11.5 Å². The highest BCUT2D eigenvalue weighted by molar-refractivity contribution is 7.80. The Hall–Kier alpha value is -2.87. The Labute approximate surface area is 173 Å². The Balaban J connectivity index is 1.88. The van der Waals surface area contributed by atoms with Gasteiger partial charge >= 0.3 is 5.97 Å². The molecule has 3 atom stereocenters. The maximum absolute atomic E-state index is 13.5. The molecule has 2 aliphatic heterocycles. The quantitative estimate of drug-likeness (QED) is 0.604. The molecular formula is C21H21FN2O4S. The molecule has 29 heavy (non-hydrogen) atoms. The number of hydrogen-bond donors (Lipinski definition) is 1. The number of carbonyl (C=O) groups is 1. The van der Waals surface area contributed by atoms with Crippen LogP contribution in [0.15, 0.2) is 42.5 Å². The number of benzene rings is 2. The molecule has 2 heterocycles. The number of nitrogens with zero attached hydrogens (tertiary/aromatic N) is 1. The second-order valence-electron chi connectivity index (χ2n) is 7.03. The third-order valence-electron chi connectivity index (χ3n) is 5.33. The summed E-state index contributed by atoms with van der Waals surface area (Å²) in [4.78, 5) is 14.7. The fraction of sp³-hybridized carbons (Fsp3) is 0.333. The maximum Gasteiger partial charge on any atom is 0.317 e. The minimum absolute atomic E-state index is 0.240. The number of nitrogens with one attached hydrogen (secondary N) is 1. The van der Waals surface area contributed by atoms with Gasteiger partial charge in [-0.25, -0.2) is 4.39 Å². The van der Waals surface area contributed by atoms with Crippen LogP contribution in [0.25, 0.3) is 0 Å². The minimum atomic E-state index is -1.17. The van der Waals surface area contributed by atoms with Gasteiger partial charge in [0.25, 0.3) is 0 Å². The summed E-state index contributed by atoms with van der Waals surface area (Å²) in [5, 5.41) is 3.63. The fourth-order valence-corrected chi connectivity index (χ4v) is 4.47. The highest BCUT2D eigenvalue weighted by atomic mass is 32.1. The molecule has 0 radical (unpaired) electrons. The van der Waals surface area contributed by atoms with Crippen molar-refractivity contribution in [2.24, 2.45) is 5.92 Å². The van der Waals surface area contributed by atoms with E-state index in [-0.39, 0.29) is 12.4 Å². The smallest absolute Gasteiger partial charge is 0.317 e. The van der Waals surface area contributed by atoms with Gasteiger partial charge in [0.05, 0.1) is 19.8 Å². The van der Waals surface area contributed by atoms with Crippen molar-refractivity contribution < 1.29 is 23.4 Å². The maximum atomic E-state index is 13.5. The van der Waals surface area contributed by atoms with Crippen LogP contribution in [0.4, 0.5) is 10.1 Å². The summed E-state index contributed by atoms with van der Waals surface area (Å²) in [6.45, 7) is 3.79. The predicted molar refractivity (Wildman–Crippen MR) is 110 cm³/mol. The molecule has 0 saturated carbocycles. The first-order chi connectivity index (χ1) is 13.9. The first kappa shape index (κ1) is 19.4. The summed E-state index contributed by atoms with van der Waals surface area (Å²) >= 11 is 5.62. The van der Waals surface area contributed by atoms with Crippen LogP contribution >= 0.6 is 12.2 Å². The number of anilines is 1. The molecule has 8 heteroatoms. The molecule has 6 nitrogen and oxygen atoms in total. The largest absolute Gasteiger partial charge is 0.497 e. The highest BCUT2D eigenvalue weighted by Crippen LogP contribution is 2.50. The number of fused-ring (bicyclic) bond motifs is 4. The predicted octanol–water partition coefficient (Wildman–Crippen LogP) is 3.56. The average molecular weight is 416 g/mol. The van der Waals surface area contributed by atoms with E-state index in [9.17, 15) is 9.18 Å². The Morgan fingerprint density at radius 3 is 2.69 bits per heavy atom. The van der Waals surface area contributed by atoms with Gasteiger partial charge in [-0.1, -0.05) is 0 Å². The Kier molecular flexibility index (Phi) is 4.82. The van der Waals surface area contributed by atoms with Crippen molar-refractivity contribution in [1.82, 2.24) is 5.32 Å². The van der Waals surface area contributed by atoms with E-state index < -0.39 is 23.7 Å². The molecule has 2 bridgehead atoms. The summed E-state index contributed by atoms with van der Waals surface area (Å²) in [5.41, 5.74) is 0.204. The molecule has 1 fully saturated rings. The zero-order valence-corrected chi connectivity index (χ0v) is 17.1. The topological polar surface area (TPSA) is 60.0 Å². The average Bonchev–Trinajstić information content (AvgIpc) is 2.68. The number of thiocarbonyl (C=S) groups is 1. The van der Waals surface area contributed by atoms with Gasteiger partial charge in [-0.2, -0.15) is 0 Å². The van der Waals surface area contributed by atoms with E-state index in [1.165, 1.54) is 12.1 Å². The highest BCUT2D eigenvalue weighted by Gasteiger charge is 2.59. The number of halogens is 1. The van der Waals surface area contributed by atoms with E-state index in [2.05, 4.69) is 5.32 Å². The monoisotopic (exact) mass is 416 g/mol. The van der Waals surface area contributed by atoms with E-state index in [4.69, 9.17) is 26.4 Å². The third-order valence-corrected chi connectivity index (χ3v) is 5.63. The molecule has 0 unspecified atom stereocenters. The third kappa shape index (κ3) is 3.07. The molecule has 0 aromatic heterocycles. The van der Waals surface area contributed by atoms with Gasteiger partial charge in [-0.15, -0.1) is 0 Å². The van der Waals surface area contributed by atoms with Crippen LogP contribution in [0.2, 0.25) is 0 Å². The van der Waals surface area contributed by atoms with Crippen LogP contribution in [-0.2, 0) is 9.53 Å².